The summed E-state index contributed by atoms with van der Waals surface area (Å²) in [5.74, 6) is 1.09. The van der Waals surface area contributed by atoms with Gasteiger partial charge < -0.3 is 15.4 Å². The molecule has 0 atom stereocenters. The van der Waals surface area contributed by atoms with Crippen molar-refractivity contribution < 1.29 is 9.53 Å². The van der Waals surface area contributed by atoms with Crippen LogP contribution in [0.4, 0.5) is 5.95 Å². The minimum Gasteiger partial charge on any atom is -0.497 e. The molecule has 27 heavy (non-hydrogen) atoms. The summed E-state index contributed by atoms with van der Waals surface area (Å²) in [7, 11) is 1.64. The number of carbonyl (C=O) groups is 1. The highest BCUT2D eigenvalue weighted by Crippen LogP contribution is 2.12. The molecule has 0 aliphatic heterocycles. The van der Waals surface area contributed by atoms with Gasteiger partial charge in [0.1, 0.15) is 5.75 Å². The van der Waals surface area contributed by atoms with Crippen molar-refractivity contribution in [2.24, 2.45) is 0 Å². The average molecular weight is 362 g/mol. The molecule has 3 rings (SSSR count). The Morgan fingerprint density at radius 3 is 2.41 bits per heavy atom. The summed E-state index contributed by atoms with van der Waals surface area (Å²) in [6.07, 6.45) is 3.05. The molecule has 6 heteroatoms. The molecule has 0 spiro atoms. The maximum atomic E-state index is 12.2. The molecule has 0 aliphatic rings. The molecule has 3 aromatic rings. The van der Waals surface area contributed by atoms with Crippen molar-refractivity contribution in [1.29, 1.82) is 0 Å². The Morgan fingerprint density at radius 2 is 1.74 bits per heavy atom. The van der Waals surface area contributed by atoms with E-state index in [1.807, 2.05) is 55.5 Å². The van der Waals surface area contributed by atoms with E-state index >= 15 is 0 Å². The van der Waals surface area contributed by atoms with Gasteiger partial charge in [-0.15, -0.1) is 0 Å². The number of anilines is 1. The normalized spacial score (nSPS) is 10.3. The number of nitrogens with zero attached hydrogens (tertiary/aromatic N) is 2. The monoisotopic (exact) mass is 362 g/mol. The largest absolute Gasteiger partial charge is 0.497 e. The number of methoxy groups -OCH3 is 1. The Morgan fingerprint density at radius 1 is 1.00 bits per heavy atom. The van der Waals surface area contributed by atoms with Crippen molar-refractivity contribution in [3.63, 3.8) is 0 Å². The third kappa shape index (κ3) is 5.28. The van der Waals surface area contributed by atoms with Gasteiger partial charge in [0.15, 0.2) is 0 Å². The Kier molecular flexibility index (Phi) is 5.99. The second kappa shape index (κ2) is 8.80. The Bertz CT molecular complexity index is 893. The molecule has 0 radical (unpaired) electrons. The molecular formula is C21H22N4O2. The second-order valence-electron chi connectivity index (χ2n) is 6.17. The summed E-state index contributed by atoms with van der Waals surface area (Å²) in [6.45, 7) is 3.08. The summed E-state index contributed by atoms with van der Waals surface area (Å²) in [5.41, 5.74) is 3.73. The number of carbonyl (C=O) groups excluding carboxylic acids is 1. The molecule has 1 heterocycles. The van der Waals surface area contributed by atoms with Crippen LogP contribution in [0.15, 0.2) is 60.9 Å². The van der Waals surface area contributed by atoms with Crippen molar-refractivity contribution in [3.8, 4) is 5.75 Å². The molecule has 138 valence electrons. The van der Waals surface area contributed by atoms with Gasteiger partial charge >= 0.3 is 0 Å². The lowest BCUT2D eigenvalue weighted by atomic mass is 10.1. The minimum atomic E-state index is -0.196. The van der Waals surface area contributed by atoms with Crippen LogP contribution >= 0.6 is 0 Å². The van der Waals surface area contributed by atoms with Crippen molar-refractivity contribution in [2.75, 3.05) is 12.4 Å². The van der Waals surface area contributed by atoms with E-state index in [0.717, 1.165) is 22.4 Å². The molecule has 2 N–H and O–H groups in total. The number of ether oxygens (including phenoxy) is 1. The SMILES string of the molecule is COc1ccc(CNc2ncc(C(=O)NCc3cccc(C)c3)cn2)cc1. The van der Waals surface area contributed by atoms with Crippen LogP contribution in [0.25, 0.3) is 0 Å². The zero-order valence-electron chi connectivity index (χ0n) is 15.4. The maximum Gasteiger partial charge on any atom is 0.254 e. The van der Waals surface area contributed by atoms with Crippen molar-refractivity contribution in [1.82, 2.24) is 15.3 Å². The van der Waals surface area contributed by atoms with Gasteiger partial charge in [-0.1, -0.05) is 42.0 Å². The van der Waals surface area contributed by atoms with Crippen LogP contribution in [-0.4, -0.2) is 23.0 Å². The van der Waals surface area contributed by atoms with E-state index in [0.29, 0.717) is 24.6 Å². The highest BCUT2D eigenvalue weighted by Gasteiger charge is 2.07. The van der Waals surface area contributed by atoms with E-state index in [2.05, 4.69) is 20.6 Å². The fourth-order valence-corrected chi connectivity index (χ4v) is 2.57. The molecule has 0 saturated carbocycles. The Balaban J connectivity index is 1.52. The van der Waals surface area contributed by atoms with Gasteiger partial charge in [0, 0.05) is 25.5 Å². The van der Waals surface area contributed by atoms with Gasteiger partial charge in [0.2, 0.25) is 5.95 Å². The van der Waals surface area contributed by atoms with Crippen LogP contribution in [0, 0.1) is 6.92 Å². The summed E-state index contributed by atoms with van der Waals surface area (Å²) < 4.78 is 5.14. The van der Waals surface area contributed by atoms with Crippen LogP contribution in [0.1, 0.15) is 27.0 Å². The van der Waals surface area contributed by atoms with Crippen LogP contribution in [0.5, 0.6) is 5.75 Å². The first-order valence-electron chi connectivity index (χ1n) is 8.66. The number of amides is 1. The van der Waals surface area contributed by atoms with Gasteiger partial charge in [0.25, 0.3) is 5.91 Å². The lowest BCUT2D eigenvalue weighted by Gasteiger charge is -2.08. The summed E-state index contributed by atoms with van der Waals surface area (Å²) >= 11 is 0. The number of rotatable bonds is 7. The van der Waals surface area contributed by atoms with E-state index in [1.165, 1.54) is 12.4 Å². The van der Waals surface area contributed by atoms with E-state index in [-0.39, 0.29) is 5.91 Å². The highest BCUT2D eigenvalue weighted by molar-refractivity contribution is 5.93. The maximum absolute atomic E-state index is 12.2. The van der Waals surface area contributed by atoms with Gasteiger partial charge in [-0.25, -0.2) is 9.97 Å². The topological polar surface area (TPSA) is 76.1 Å². The zero-order valence-corrected chi connectivity index (χ0v) is 15.4. The van der Waals surface area contributed by atoms with Gasteiger partial charge in [-0.3, -0.25) is 4.79 Å². The van der Waals surface area contributed by atoms with Crippen LogP contribution in [0.3, 0.4) is 0 Å². The van der Waals surface area contributed by atoms with Crippen LogP contribution < -0.4 is 15.4 Å². The molecule has 0 aliphatic carbocycles. The lowest BCUT2D eigenvalue weighted by Crippen LogP contribution is -2.23. The van der Waals surface area contributed by atoms with Gasteiger partial charge in [-0.2, -0.15) is 0 Å². The van der Waals surface area contributed by atoms with Crippen LogP contribution in [0.2, 0.25) is 0 Å². The third-order valence-corrected chi connectivity index (χ3v) is 4.06. The van der Waals surface area contributed by atoms with Gasteiger partial charge in [0.05, 0.1) is 12.7 Å². The molecule has 1 amide bonds. The molecule has 0 saturated heterocycles. The fraction of sp³-hybridized carbons (Fsp3) is 0.190. The molecule has 1 aromatic heterocycles. The Labute approximate surface area is 158 Å². The summed E-state index contributed by atoms with van der Waals surface area (Å²) in [6, 6.07) is 15.8. The molecule has 0 unspecified atom stereocenters. The van der Waals surface area contributed by atoms with E-state index in [1.54, 1.807) is 7.11 Å². The van der Waals surface area contributed by atoms with E-state index in [9.17, 15) is 4.79 Å². The van der Waals surface area contributed by atoms with Crippen molar-refractivity contribution in [2.45, 2.75) is 20.0 Å². The standard InChI is InChI=1S/C21H22N4O2/c1-15-4-3-5-17(10-15)12-22-20(26)18-13-24-21(25-14-18)23-11-16-6-8-19(27-2)9-7-16/h3-10,13-14H,11-12H2,1-2H3,(H,22,26)(H,23,24,25). The highest BCUT2D eigenvalue weighted by atomic mass is 16.5. The first-order valence-corrected chi connectivity index (χ1v) is 8.66. The molecular weight excluding hydrogens is 340 g/mol. The lowest BCUT2D eigenvalue weighted by molar-refractivity contribution is 0.0950. The minimum absolute atomic E-state index is 0.196. The quantitative estimate of drug-likeness (QED) is 0.674. The number of nitrogens with one attached hydrogen (secondary N) is 2. The Hall–Kier alpha value is -3.41. The van der Waals surface area contributed by atoms with Gasteiger partial charge in [-0.05, 0) is 30.2 Å². The number of hydrogen-bond donors (Lipinski definition) is 2. The predicted molar refractivity (Wildman–Crippen MR) is 105 cm³/mol. The zero-order chi connectivity index (χ0) is 19.1. The molecule has 0 fully saturated rings. The molecule has 6 nitrogen and oxygen atoms in total. The van der Waals surface area contributed by atoms with E-state index < -0.39 is 0 Å². The third-order valence-electron chi connectivity index (χ3n) is 4.06. The smallest absolute Gasteiger partial charge is 0.254 e. The van der Waals surface area contributed by atoms with Crippen molar-refractivity contribution in [3.05, 3.63) is 83.2 Å². The first kappa shape index (κ1) is 18.4. The first-order chi connectivity index (χ1) is 13.1. The van der Waals surface area contributed by atoms with Crippen molar-refractivity contribution >= 4 is 11.9 Å². The average Bonchev–Trinajstić information content (AvgIpc) is 2.71. The second-order valence-corrected chi connectivity index (χ2v) is 6.17. The number of benzene rings is 2. The van der Waals surface area contributed by atoms with E-state index in [4.69, 9.17) is 4.74 Å². The number of aryl methyl sites for hydroxylation is 1. The summed E-state index contributed by atoms with van der Waals surface area (Å²) in [5, 5.41) is 6.01. The van der Waals surface area contributed by atoms with Crippen LogP contribution in [-0.2, 0) is 13.1 Å². The molecule has 2 aromatic carbocycles. The molecule has 0 bridgehead atoms. The fourth-order valence-electron chi connectivity index (χ4n) is 2.57. The predicted octanol–water partition coefficient (Wildman–Crippen LogP) is 3.34. The number of hydrogen-bond acceptors (Lipinski definition) is 5. The number of aromatic nitrogens is 2. The summed E-state index contributed by atoms with van der Waals surface area (Å²) in [4.78, 5) is 20.7.